The van der Waals surface area contributed by atoms with Crippen LogP contribution in [0.4, 0.5) is 4.79 Å². The molecule has 0 unspecified atom stereocenters. The topological polar surface area (TPSA) is 70.2 Å². The van der Waals surface area contributed by atoms with E-state index in [0.717, 1.165) is 19.4 Å². The van der Waals surface area contributed by atoms with Crippen LogP contribution in [-0.2, 0) is 16.6 Å². The predicted octanol–water partition coefficient (Wildman–Crippen LogP) is 1.72. The quantitative estimate of drug-likeness (QED) is 0.744. The van der Waals surface area contributed by atoms with E-state index in [1.165, 1.54) is 30.4 Å². The van der Waals surface area contributed by atoms with Gasteiger partial charge in [-0.25, -0.2) is 4.79 Å². The standard InChI is InChI=1S/C19H25N3O2/c23-17(20-10-13-5-6-13)12-22-18(24)21-11-15-9-19(15)8-7-14-3-1-2-4-16(14)19/h1-4,13,15H,5-12H2,(H,20,23)(H2,21,22,24)/t15-,19+/m0/s1. The molecular formula is C19H25N3O2. The van der Waals surface area contributed by atoms with Gasteiger partial charge in [-0.15, -0.1) is 0 Å². The third-order valence-corrected chi connectivity index (χ3v) is 5.83. The van der Waals surface area contributed by atoms with Crippen molar-refractivity contribution in [2.45, 2.75) is 37.5 Å². The summed E-state index contributed by atoms with van der Waals surface area (Å²) in [6.45, 7) is 1.48. The molecule has 3 N–H and O–H groups in total. The van der Waals surface area contributed by atoms with Crippen LogP contribution in [0, 0.1) is 11.8 Å². The van der Waals surface area contributed by atoms with E-state index in [-0.39, 0.29) is 18.5 Å². The molecule has 0 saturated heterocycles. The van der Waals surface area contributed by atoms with E-state index in [1.54, 1.807) is 0 Å². The Balaban J connectivity index is 1.18. The molecule has 1 aromatic carbocycles. The summed E-state index contributed by atoms with van der Waals surface area (Å²) in [5, 5.41) is 8.42. The number of rotatable bonds is 6. The molecule has 5 nitrogen and oxygen atoms in total. The maximum absolute atomic E-state index is 11.9. The summed E-state index contributed by atoms with van der Waals surface area (Å²) in [5.74, 6) is 1.07. The lowest BCUT2D eigenvalue weighted by Gasteiger charge is -2.12. The van der Waals surface area contributed by atoms with Crippen LogP contribution in [-0.4, -0.2) is 31.6 Å². The lowest BCUT2D eigenvalue weighted by Crippen LogP contribution is -2.43. The van der Waals surface area contributed by atoms with Gasteiger partial charge >= 0.3 is 6.03 Å². The van der Waals surface area contributed by atoms with Gasteiger partial charge in [0.1, 0.15) is 0 Å². The van der Waals surface area contributed by atoms with E-state index < -0.39 is 0 Å². The monoisotopic (exact) mass is 327 g/mol. The van der Waals surface area contributed by atoms with E-state index >= 15 is 0 Å². The number of fused-ring (bicyclic) bond motifs is 2. The number of hydrogen-bond acceptors (Lipinski definition) is 2. The van der Waals surface area contributed by atoms with Gasteiger partial charge in [0.15, 0.2) is 0 Å². The summed E-state index contributed by atoms with van der Waals surface area (Å²) in [6.07, 6.45) is 5.93. The fourth-order valence-corrected chi connectivity index (χ4v) is 4.08. The molecule has 0 heterocycles. The van der Waals surface area contributed by atoms with Crippen molar-refractivity contribution >= 4 is 11.9 Å². The lowest BCUT2D eigenvalue weighted by molar-refractivity contribution is -0.120. The first-order valence-electron chi connectivity index (χ1n) is 9.04. The van der Waals surface area contributed by atoms with Crippen molar-refractivity contribution in [2.75, 3.05) is 19.6 Å². The molecule has 0 aliphatic heterocycles. The van der Waals surface area contributed by atoms with Gasteiger partial charge in [0, 0.05) is 18.5 Å². The highest BCUT2D eigenvalue weighted by Gasteiger charge is 2.57. The molecular weight excluding hydrogens is 302 g/mol. The van der Waals surface area contributed by atoms with Crippen LogP contribution in [0.5, 0.6) is 0 Å². The first-order chi connectivity index (χ1) is 11.7. The van der Waals surface area contributed by atoms with Crippen LogP contribution < -0.4 is 16.0 Å². The molecule has 0 radical (unpaired) electrons. The number of hydrogen-bond donors (Lipinski definition) is 3. The second kappa shape index (κ2) is 6.11. The molecule has 3 aliphatic carbocycles. The predicted molar refractivity (Wildman–Crippen MR) is 91.7 cm³/mol. The third kappa shape index (κ3) is 3.12. The van der Waals surface area contributed by atoms with Gasteiger partial charge in [0.25, 0.3) is 0 Å². The number of carbonyl (C=O) groups is 2. The molecule has 24 heavy (non-hydrogen) atoms. The minimum absolute atomic E-state index is 0.0528. The summed E-state index contributed by atoms with van der Waals surface area (Å²) in [6, 6.07) is 8.44. The maximum Gasteiger partial charge on any atom is 0.315 e. The van der Waals surface area contributed by atoms with Gasteiger partial charge in [0.2, 0.25) is 5.91 Å². The minimum Gasteiger partial charge on any atom is -0.354 e. The van der Waals surface area contributed by atoms with Crippen molar-refractivity contribution in [1.29, 1.82) is 0 Å². The number of aryl methyl sites for hydroxylation is 1. The minimum atomic E-state index is -0.245. The number of benzene rings is 1. The number of nitrogens with one attached hydrogen (secondary N) is 3. The molecule has 2 fully saturated rings. The summed E-state index contributed by atoms with van der Waals surface area (Å²) in [7, 11) is 0. The van der Waals surface area contributed by atoms with Crippen molar-refractivity contribution in [3.63, 3.8) is 0 Å². The normalized spacial score (nSPS) is 26.8. The summed E-state index contributed by atoms with van der Waals surface area (Å²) < 4.78 is 0. The van der Waals surface area contributed by atoms with E-state index in [4.69, 9.17) is 0 Å². The number of amides is 3. The van der Waals surface area contributed by atoms with Crippen molar-refractivity contribution in [2.24, 2.45) is 11.8 Å². The van der Waals surface area contributed by atoms with E-state index in [1.807, 2.05) is 0 Å². The zero-order valence-corrected chi connectivity index (χ0v) is 13.9. The van der Waals surface area contributed by atoms with Gasteiger partial charge < -0.3 is 16.0 Å². The van der Waals surface area contributed by atoms with Gasteiger partial charge in [-0.2, -0.15) is 0 Å². The van der Waals surface area contributed by atoms with Crippen LogP contribution in [0.1, 0.15) is 36.8 Å². The maximum atomic E-state index is 11.9. The molecule has 5 heteroatoms. The zero-order chi connectivity index (χ0) is 16.6. The van der Waals surface area contributed by atoms with Crippen molar-refractivity contribution in [3.8, 4) is 0 Å². The lowest BCUT2D eigenvalue weighted by atomic mass is 9.95. The van der Waals surface area contributed by atoms with E-state index in [2.05, 4.69) is 40.2 Å². The van der Waals surface area contributed by atoms with Crippen LogP contribution in [0.3, 0.4) is 0 Å². The van der Waals surface area contributed by atoms with Gasteiger partial charge in [-0.3, -0.25) is 4.79 Å². The van der Waals surface area contributed by atoms with Crippen LogP contribution in [0.2, 0.25) is 0 Å². The Hall–Kier alpha value is -2.04. The third-order valence-electron chi connectivity index (χ3n) is 5.83. The molecule has 0 aromatic heterocycles. The first-order valence-corrected chi connectivity index (χ1v) is 9.04. The van der Waals surface area contributed by atoms with Crippen molar-refractivity contribution in [3.05, 3.63) is 35.4 Å². The fourth-order valence-electron chi connectivity index (χ4n) is 4.08. The first kappa shape index (κ1) is 15.5. The molecule has 2 saturated carbocycles. The molecule has 1 aromatic rings. The van der Waals surface area contributed by atoms with Crippen molar-refractivity contribution in [1.82, 2.24) is 16.0 Å². The highest BCUT2D eigenvalue weighted by molar-refractivity contribution is 5.83. The Labute approximate surface area is 142 Å². The molecule has 2 atom stereocenters. The molecule has 0 bridgehead atoms. The Morgan fingerprint density at radius 3 is 2.75 bits per heavy atom. The van der Waals surface area contributed by atoms with Crippen LogP contribution in [0.15, 0.2) is 24.3 Å². The molecule has 3 aliphatic rings. The Bertz CT molecular complexity index is 656. The highest BCUT2D eigenvalue weighted by atomic mass is 16.2. The van der Waals surface area contributed by atoms with Gasteiger partial charge in [0.05, 0.1) is 6.54 Å². The SMILES string of the molecule is O=C(CNC(=O)NC[C@@H]1C[C@]12CCc1ccccc12)NCC1CC1. The van der Waals surface area contributed by atoms with Crippen molar-refractivity contribution < 1.29 is 9.59 Å². The number of carbonyl (C=O) groups excluding carboxylic acids is 2. The number of urea groups is 1. The second-order valence-corrected chi connectivity index (χ2v) is 7.53. The summed E-state index contributed by atoms with van der Waals surface area (Å²) in [4.78, 5) is 23.5. The Kier molecular flexibility index (Phi) is 3.94. The molecule has 3 amide bonds. The second-order valence-electron chi connectivity index (χ2n) is 7.53. The molecule has 1 spiro atoms. The highest BCUT2D eigenvalue weighted by Crippen LogP contribution is 2.61. The summed E-state index contributed by atoms with van der Waals surface area (Å²) >= 11 is 0. The average molecular weight is 327 g/mol. The van der Waals surface area contributed by atoms with Gasteiger partial charge in [-0.05, 0) is 55.1 Å². The smallest absolute Gasteiger partial charge is 0.315 e. The Morgan fingerprint density at radius 2 is 1.92 bits per heavy atom. The van der Waals surface area contributed by atoms with Crippen LogP contribution >= 0.6 is 0 Å². The van der Waals surface area contributed by atoms with E-state index in [9.17, 15) is 9.59 Å². The zero-order valence-electron chi connectivity index (χ0n) is 13.9. The average Bonchev–Trinajstić information content (AvgIpc) is 3.49. The molecule has 4 rings (SSSR count). The molecule has 128 valence electrons. The van der Waals surface area contributed by atoms with Crippen LogP contribution in [0.25, 0.3) is 0 Å². The summed E-state index contributed by atoms with van der Waals surface area (Å²) in [5.41, 5.74) is 3.25. The van der Waals surface area contributed by atoms with Gasteiger partial charge in [-0.1, -0.05) is 24.3 Å². The Morgan fingerprint density at radius 1 is 1.08 bits per heavy atom. The van der Waals surface area contributed by atoms with E-state index in [0.29, 0.717) is 23.8 Å². The largest absolute Gasteiger partial charge is 0.354 e. The fraction of sp³-hybridized carbons (Fsp3) is 0.579.